The highest BCUT2D eigenvalue weighted by Gasteiger charge is 2.28. The van der Waals surface area contributed by atoms with Crippen molar-refractivity contribution in [3.63, 3.8) is 0 Å². The van der Waals surface area contributed by atoms with Gasteiger partial charge in [0.2, 0.25) is 0 Å². The van der Waals surface area contributed by atoms with E-state index >= 15 is 0 Å². The zero-order valence-electron chi connectivity index (χ0n) is 12.4. The maximum atomic E-state index is 11.7. The first kappa shape index (κ1) is 15.8. The first-order valence-corrected chi connectivity index (χ1v) is 7.04. The molecular formula is C15H22N2O4. The van der Waals surface area contributed by atoms with Crippen molar-refractivity contribution in [3.8, 4) is 0 Å². The maximum absolute atomic E-state index is 11.7. The van der Waals surface area contributed by atoms with Gasteiger partial charge in [0.15, 0.2) is 5.79 Å². The van der Waals surface area contributed by atoms with E-state index in [0.29, 0.717) is 18.8 Å². The number of aliphatic hydroxyl groups excluding tert-OH is 1. The van der Waals surface area contributed by atoms with E-state index in [0.717, 1.165) is 5.69 Å². The fourth-order valence-electron chi connectivity index (χ4n) is 2.00. The third-order valence-electron chi connectivity index (χ3n) is 3.18. The number of ether oxygens (including phenoxy) is 2. The number of hydrogen-bond donors (Lipinski definition) is 3. The summed E-state index contributed by atoms with van der Waals surface area (Å²) in [6, 6.07) is 7.25. The lowest BCUT2D eigenvalue weighted by atomic mass is 10.1. The molecular weight excluding hydrogens is 272 g/mol. The number of aliphatic hydroxyl groups is 1. The molecule has 1 aliphatic rings. The van der Waals surface area contributed by atoms with E-state index in [1.165, 1.54) is 0 Å². The van der Waals surface area contributed by atoms with Gasteiger partial charge in [-0.1, -0.05) is 0 Å². The molecule has 1 fully saturated rings. The van der Waals surface area contributed by atoms with Crippen LogP contribution in [-0.4, -0.2) is 49.2 Å². The zero-order chi connectivity index (χ0) is 15.3. The van der Waals surface area contributed by atoms with E-state index in [4.69, 9.17) is 14.6 Å². The molecule has 1 saturated heterocycles. The van der Waals surface area contributed by atoms with Gasteiger partial charge in [0.25, 0.3) is 5.91 Å². The van der Waals surface area contributed by atoms with Gasteiger partial charge < -0.3 is 25.2 Å². The monoisotopic (exact) mass is 294 g/mol. The average Bonchev–Trinajstić information content (AvgIpc) is 2.48. The van der Waals surface area contributed by atoms with Crippen molar-refractivity contribution < 1.29 is 19.4 Å². The number of hydrogen-bond acceptors (Lipinski definition) is 5. The Bertz CT molecular complexity index is 463. The molecule has 0 spiro atoms. The maximum Gasteiger partial charge on any atom is 0.251 e. The largest absolute Gasteiger partial charge is 0.395 e. The molecule has 0 atom stereocenters. The predicted molar refractivity (Wildman–Crippen MR) is 79.3 cm³/mol. The van der Waals surface area contributed by atoms with Crippen molar-refractivity contribution in [2.75, 3.05) is 31.7 Å². The lowest BCUT2D eigenvalue weighted by Crippen LogP contribution is -2.45. The van der Waals surface area contributed by atoms with Crippen LogP contribution in [0.3, 0.4) is 0 Å². The van der Waals surface area contributed by atoms with Gasteiger partial charge in [-0.3, -0.25) is 4.79 Å². The number of carbonyl (C=O) groups is 1. The van der Waals surface area contributed by atoms with Gasteiger partial charge in [0.05, 0.1) is 25.9 Å². The average molecular weight is 294 g/mol. The Morgan fingerprint density at radius 3 is 2.48 bits per heavy atom. The summed E-state index contributed by atoms with van der Waals surface area (Å²) in [5.74, 6) is -0.714. The summed E-state index contributed by atoms with van der Waals surface area (Å²) in [6.07, 6.45) is 0. The molecule has 6 heteroatoms. The Kier molecular flexibility index (Phi) is 5.17. The minimum absolute atomic E-state index is 0.0661. The van der Waals surface area contributed by atoms with Crippen LogP contribution in [0.15, 0.2) is 24.3 Å². The summed E-state index contributed by atoms with van der Waals surface area (Å²) >= 11 is 0. The molecule has 21 heavy (non-hydrogen) atoms. The van der Waals surface area contributed by atoms with Crippen LogP contribution in [0.25, 0.3) is 0 Å². The van der Waals surface area contributed by atoms with Crippen molar-refractivity contribution in [3.05, 3.63) is 29.8 Å². The second kappa shape index (κ2) is 6.89. The summed E-state index contributed by atoms with van der Waals surface area (Å²) in [6.45, 7) is 5.12. The molecule has 116 valence electrons. The molecule has 1 aliphatic heterocycles. The first-order chi connectivity index (χ1) is 10.00. The van der Waals surface area contributed by atoms with Gasteiger partial charge in [-0.2, -0.15) is 0 Å². The summed E-state index contributed by atoms with van der Waals surface area (Å²) in [4.78, 5) is 11.7. The van der Waals surface area contributed by atoms with Gasteiger partial charge in [-0.25, -0.2) is 0 Å². The van der Waals surface area contributed by atoms with Crippen LogP contribution >= 0.6 is 0 Å². The van der Waals surface area contributed by atoms with E-state index < -0.39 is 5.79 Å². The lowest BCUT2D eigenvalue weighted by molar-refractivity contribution is -0.247. The highest BCUT2D eigenvalue weighted by atomic mass is 16.7. The van der Waals surface area contributed by atoms with Crippen molar-refractivity contribution >= 4 is 11.6 Å². The lowest BCUT2D eigenvalue weighted by Gasteiger charge is -2.35. The fraction of sp³-hybridized carbons (Fsp3) is 0.533. The fourth-order valence-corrected chi connectivity index (χ4v) is 2.00. The summed E-state index contributed by atoms with van der Waals surface area (Å²) in [5, 5.41) is 14.6. The summed E-state index contributed by atoms with van der Waals surface area (Å²) in [7, 11) is 0. The Balaban J connectivity index is 1.86. The molecule has 0 radical (unpaired) electrons. The van der Waals surface area contributed by atoms with Gasteiger partial charge in [-0.15, -0.1) is 0 Å². The van der Waals surface area contributed by atoms with E-state index in [2.05, 4.69) is 10.6 Å². The molecule has 1 aromatic rings. The number of nitrogens with one attached hydrogen (secondary N) is 2. The number of benzene rings is 1. The molecule has 0 unspecified atom stereocenters. The van der Waals surface area contributed by atoms with Crippen LogP contribution in [0.5, 0.6) is 0 Å². The third-order valence-corrected chi connectivity index (χ3v) is 3.18. The predicted octanol–water partition coefficient (Wildman–Crippen LogP) is 0.972. The van der Waals surface area contributed by atoms with E-state index in [1.807, 2.05) is 26.0 Å². The molecule has 0 aliphatic carbocycles. The molecule has 3 N–H and O–H groups in total. The summed E-state index contributed by atoms with van der Waals surface area (Å²) in [5.41, 5.74) is 1.47. The number of amides is 1. The van der Waals surface area contributed by atoms with Crippen LogP contribution < -0.4 is 10.6 Å². The minimum atomic E-state index is -0.521. The molecule has 1 heterocycles. The topological polar surface area (TPSA) is 79.8 Å². The molecule has 2 rings (SSSR count). The van der Waals surface area contributed by atoms with Crippen molar-refractivity contribution in [2.45, 2.75) is 25.7 Å². The van der Waals surface area contributed by atoms with Crippen LogP contribution in [0.4, 0.5) is 5.69 Å². The molecule has 6 nitrogen and oxygen atoms in total. The molecule has 0 aromatic heterocycles. The highest BCUT2D eigenvalue weighted by Crippen LogP contribution is 2.19. The van der Waals surface area contributed by atoms with E-state index in [1.54, 1.807) is 12.1 Å². The van der Waals surface area contributed by atoms with E-state index in [-0.39, 0.29) is 25.1 Å². The van der Waals surface area contributed by atoms with Crippen molar-refractivity contribution in [1.82, 2.24) is 5.32 Å². The Morgan fingerprint density at radius 2 is 1.90 bits per heavy atom. The van der Waals surface area contributed by atoms with Gasteiger partial charge >= 0.3 is 0 Å². The van der Waals surface area contributed by atoms with Gasteiger partial charge in [0.1, 0.15) is 0 Å². The normalized spacial score (nSPS) is 18.2. The van der Waals surface area contributed by atoms with Crippen LogP contribution in [0, 0.1) is 0 Å². The van der Waals surface area contributed by atoms with Crippen molar-refractivity contribution in [1.29, 1.82) is 0 Å². The first-order valence-electron chi connectivity index (χ1n) is 7.04. The second-order valence-electron chi connectivity index (χ2n) is 5.42. The Hall–Kier alpha value is -1.63. The Morgan fingerprint density at radius 1 is 1.29 bits per heavy atom. The van der Waals surface area contributed by atoms with Crippen LogP contribution in [0.1, 0.15) is 24.2 Å². The molecule has 0 saturated carbocycles. The van der Waals surface area contributed by atoms with Crippen molar-refractivity contribution in [2.24, 2.45) is 0 Å². The minimum Gasteiger partial charge on any atom is -0.395 e. The van der Waals surface area contributed by atoms with E-state index in [9.17, 15) is 4.79 Å². The quantitative estimate of drug-likeness (QED) is 0.754. The number of anilines is 1. The summed E-state index contributed by atoms with van der Waals surface area (Å²) < 4.78 is 11.2. The molecule has 1 aromatic carbocycles. The van der Waals surface area contributed by atoms with Crippen LogP contribution in [-0.2, 0) is 9.47 Å². The van der Waals surface area contributed by atoms with Crippen LogP contribution in [0.2, 0.25) is 0 Å². The van der Waals surface area contributed by atoms with Gasteiger partial charge in [-0.05, 0) is 38.1 Å². The third kappa shape index (κ3) is 4.70. The number of carbonyl (C=O) groups excluding carboxylic acids is 1. The highest BCUT2D eigenvalue weighted by molar-refractivity contribution is 5.94. The standard InChI is InChI=1S/C15H22N2O4/c1-15(2)20-9-13(10-21-15)17-12-5-3-11(4-6-12)14(19)16-7-8-18/h3-6,13,17-18H,7-10H2,1-2H3,(H,16,19). The molecule has 0 bridgehead atoms. The SMILES string of the molecule is CC1(C)OCC(Nc2ccc(C(=O)NCCO)cc2)CO1. The number of rotatable bonds is 5. The molecule has 1 amide bonds. The smallest absolute Gasteiger partial charge is 0.251 e. The zero-order valence-corrected chi connectivity index (χ0v) is 12.4. The Labute approximate surface area is 124 Å². The van der Waals surface area contributed by atoms with Gasteiger partial charge in [0, 0.05) is 17.8 Å². The second-order valence-corrected chi connectivity index (χ2v) is 5.42.